The lowest BCUT2D eigenvalue weighted by atomic mass is 10.1. The second-order valence-corrected chi connectivity index (χ2v) is 5.64. The maximum Gasteiger partial charge on any atom is 0.326 e. The summed E-state index contributed by atoms with van der Waals surface area (Å²) >= 11 is 0. The van der Waals surface area contributed by atoms with E-state index in [1.54, 1.807) is 0 Å². The third-order valence-electron chi connectivity index (χ3n) is 3.38. The number of amides is 1. The van der Waals surface area contributed by atoms with E-state index in [2.05, 4.69) is 13.8 Å². The highest BCUT2D eigenvalue weighted by atomic mass is 16.5. The van der Waals surface area contributed by atoms with Crippen LogP contribution in [0, 0.1) is 5.92 Å². The molecule has 1 rings (SSSR count). The highest BCUT2D eigenvalue weighted by Crippen LogP contribution is 2.18. The van der Waals surface area contributed by atoms with Gasteiger partial charge in [-0.2, -0.15) is 0 Å². The lowest BCUT2D eigenvalue weighted by Gasteiger charge is -2.22. The Morgan fingerprint density at radius 3 is 2.63 bits per heavy atom. The molecule has 0 aromatic carbocycles. The van der Waals surface area contributed by atoms with E-state index in [1.165, 1.54) is 4.90 Å². The molecule has 0 aliphatic carbocycles. The largest absolute Gasteiger partial charge is 0.480 e. The Labute approximate surface area is 114 Å². The summed E-state index contributed by atoms with van der Waals surface area (Å²) in [6, 6.07) is -0.638. The zero-order valence-corrected chi connectivity index (χ0v) is 12.1. The number of carbonyl (C=O) groups excluding carboxylic acids is 1. The van der Waals surface area contributed by atoms with Crippen LogP contribution >= 0.6 is 0 Å². The predicted molar refractivity (Wildman–Crippen MR) is 71.9 cm³/mol. The summed E-state index contributed by atoms with van der Waals surface area (Å²) in [7, 11) is 0. The average Bonchev–Trinajstić information content (AvgIpc) is 2.76. The number of nitrogens with zero attached hydrogens (tertiary/aromatic N) is 1. The summed E-state index contributed by atoms with van der Waals surface area (Å²) in [5, 5.41) is 9.02. The first kappa shape index (κ1) is 16.0. The van der Waals surface area contributed by atoms with Crippen LogP contribution in [-0.4, -0.2) is 47.2 Å². The van der Waals surface area contributed by atoms with Gasteiger partial charge in [-0.05, 0) is 32.1 Å². The van der Waals surface area contributed by atoms with Crippen LogP contribution in [0.5, 0.6) is 0 Å². The van der Waals surface area contributed by atoms with E-state index in [9.17, 15) is 9.59 Å². The van der Waals surface area contributed by atoms with Crippen molar-refractivity contribution in [3.8, 4) is 0 Å². The molecule has 1 amide bonds. The van der Waals surface area contributed by atoms with Crippen molar-refractivity contribution >= 4 is 11.9 Å². The molecule has 0 spiro atoms. The Kier molecular flexibility index (Phi) is 6.28. The van der Waals surface area contributed by atoms with Crippen molar-refractivity contribution in [2.75, 3.05) is 13.2 Å². The van der Waals surface area contributed by atoms with Crippen molar-refractivity contribution < 1.29 is 19.4 Å². The van der Waals surface area contributed by atoms with Crippen molar-refractivity contribution in [3.63, 3.8) is 0 Å². The second kappa shape index (κ2) is 7.48. The SMILES string of the molecule is CC(C)CC(C)OCCC(=O)N1CCC[C@@H]1C(=O)O. The molecule has 1 heterocycles. The summed E-state index contributed by atoms with van der Waals surface area (Å²) in [5.41, 5.74) is 0. The zero-order valence-electron chi connectivity index (χ0n) is 12.1. The Hall–Kier alpha value is -1.10. The first-order valence-electron chi connectivity index (χ1n) is 7.05. The smallest absolute Gasteiger partial charge is 0.326 e. The molecule has 5 heteroatoms. The van der Waals surface area contributed by atoms with Gasteiger partial charge in [0.25, 0.3) is 0 Å². The molecular weight excluding hydrogens is 246 g/mol. The maximum atomic E-state index is 11.9. The standard InChI is InChI=1S/C14H25NO4/c1-10(2)9-11(3)19-8-6-13(16)15-7-4-5-12(15)14(17)18/h10-12H,4-9H2,1-3H3,(H,17,18)/t11?,12-/m1/s1. The van der Waals surface area contributed by atoms with Gasteiger partial charge in [0.15, 0.2) is 0 Å². The number of carboxylic acid groups (broad SMARTS) is 1. The van der Waals surface area contributed by atoms with Gasteiger partial charge in [-0.3, -0.25) is 4.79 Å². The van der Waals surface area contributed by atoms with Crippen LogP contribution in [0.4, 0.5) is 0 Å². The maximum absolute atomic E-state index is 11.9. The molecule has 0 aromatic rings. The second-order valence-electron chi connectivity index (χ2n) is 5.64. The first-order chi connectivity index (χ1) is 8.91. The summed E-state index contributed by atoms with van der Waals surface area (Å²) in [5.74, 6) is -0.442. The van der Waals surface area contributed by atoms with Crippen LogP contribution < -0.4 is 0 Å². The molecule has 5 nitrogen and oxygen atoms in total. The van der Waals surface area contributed by atoms with E-state index < -0.39 is 12.0 Å². The number of carboxylic acids is 1. The number of rotatable bonds is 7. The van der Waals surface area contributed by atoms with Crippen LogP contribution in [0.1, 0.15) is 46.5 Å². The summed E-state index contributed by atoms with van der Waals surface area (Å²) in [6.07, 6.45) is 2.71. The molecule has 0 radical (unpaired) electrons. The Balaban J connectivity index is 2.29. The number of aliphatic carboxylic acids is 1. The van der Waals surface area contributed by atoms with Crippen molar-refractivity contribution in [1.82, 2.24) is 4.90 Å². The fourth-order valence-corrected chi connectivity index (χ4v) is 2.54. The Morgan fingerprint density at radius 1 is 1.37 bits per heavy atom. The molecule has 2 atom stereocenters. The van der Waals surface area contributed by atoms with Gasteiger partial charge in [0.1, 0.15) is 6.04 Å². The molecule has 1 saturated heterocycles. The minimum absolute atomic E-state index is 0.110. The van der Waals surface area contributed by atoms with Crippen LogP contribution in [0.25, 0.3) is 0 Å². The first-order valence-corrected chi connectivity index (χ1v) is 7.05. The van der Waals surface area contributed by atoms with Crippen molar-refractivity contribution in [2.24, 2.45) is 5.92 Å². The van der Waals surface area contributed by atoms with Gasteiger partial charge in [0.2, 0.25) is 5.91 Å². The Bertz CT molecular complexity index is 317. The average molecular weight is 271 g/mol. The fourth-order valence-electron chi connectivity index (χ4n) is 2.54. The van der Waals surface area contributed by atoms with Gasteiger partial charge >= 0.3 is 5.97 Å². The summed E-state index contributed by atoms with van der Waals surface area (Å²) in [4.78, 5) is 24.4. The Morgan fingerprint density at radius 2 is 2.05 bits per heavy atom. The predicted octanol–water partition coefficient (Wildman–Crippen LogP) is 1.90. The van der Waals surface area contributed by atoms with Crippen LogP contribution in [0.15, 0.2) is 0 Å². The fraction of sp³-hybridized carbons (Fsp3) is 0.857. The number of ether oxygens (including phenoxy) is 1. The van der Waals surface area contributed by atoms with Crippen molar-refractivity contribution in [1.29, 1.82) is 0 Å². The van der Waals surface area contributed by atoms with Gasteiger partial charge in [-0.15, -0.1) is 0 Å². The van der Waals surface area contributed by atoms with Crippen LogP contribution in [0.2, 0.25) is 0 Å². The number of carbonyl (C=O) groups is 2. The minimum atomic E-state index is -0.903. The quantitative estimate of drug-likeness (QED) is 0.768. The highest BCUT2D eigenvalue weighted by Gasteiger charge is 2.33. The molecular formula is C14H25NO4. The molecule has 19 heavy (non-hydrogen) atoms. The van der Waals surface area contributed by atoms with E-state index in [0.29, 0.717) is 25.5 Å². The summed E-state index contributed by atoms with van der Waals surface area (Å²) in [6.45, 7) is 7.19. The molecule has 1 unspecified atom stereocenters. The number of likely N-dealkylation sites (tertiary alicyclic amines) is 1. The molecule has 1 aliphatic heterocycles. The topological polar surface area (TPSA) is 66.8 Å². The van der Waals surface area contributed by atoms with E-state index in [1.807, 2.05) is 6.92 Å². The zero-order chi connectivity index (χ0) is 14.4. The minimum Gasteiger partial charge on any atom is -0.480 e. The van der Waals surface area contributed by atoms with Gasteiger partial charge in [-0.25, -0.2) is 4.79 Å². The van der Waals surface area contributed by atoms with Crippen molar-refractivity contribution in [2.45, 2.75) is 58.6 Å². The molecule has 110 valence electrons. The van der Waals surface area contributed by atoms with E-state index >= 15 is 0 Å². The van der Waals surface area contributed by atoms with Crippen molar-refractivity contribution in [3.05, 3.63) is 0 Å². The molecule has 0 bridgehead atoms. The molecule has 0 aromatic heterocycles. The third kappa shape index (κ3) is 5.19. The molecule has 1 N–H and O–H groups in total. The van der Waals surface area contributed by atoms with Gasteiger partial charge < -0.3 is 14.7 Å². The van der Waals surface area contributed by atoms with E-state index in [0.717, 1.165) is 12.8 Å². The third-order valence-corrected chi connectivity index (χ3v) is 3.38. The molecule has 1 fully saturated rings. The molecule has 1 aliphatic rings. The van der Waals surface area contributed by atoms with Gasteiger partial charge in [0.05, 0.1) is 19.1 Å². The number of hydrogen-bond acceptors (Lipinski definition) is 3. The van der Waals surface area contributed by atoms with Gasteiger partial charge in [0, 0.05) is 6.54 Å². The lowest BCUT2D eigenvalue weighted by molar-refractivity contribution is -0.148. The normalized spacial score (nSPS) is 20.8. The van der Waals surface area contributed by atoms with E-state index in [4.69, 9.17) is 9.84 Å². The highest BCUT2D eigenvalue weighted by molar-refractivity contribution is 5.84. The van der Waals surface area contributed by atoms with E-state index in [-0.39, 0.29) is 18.4 Å². The lowest BCUT2D eigenvalue weighted by Crippen LogP contribution is -2.40. The summed E-state index contributed by atoms with van der Waals surface area (Å²) < 4.78 is 5.58. The monoisotopic (exact) mass is 271 g/mol. The molecule has 0 saturated carbocycles. The van der Waals surface area contributed by atoms with Gasteiger partial charge in [-0.1, -0.05) is 13.8 Å². The van der Waals surface area contributed by atoms with Crippen LogP contribution in [-0.2, 0) is 14.3 Å². The number of hydrogen-bond donors (Lipinski definition) is 1. The van der Waals surface area contributed by atoms with Crippen LogP contribution in [0.3, 0.4) is 0 Å².